The van der Waals surface area contributed by atoms with Crippen molar-refractivity contribution in [2.24, 2.45) is 0 Å². The lowest BCUT2D eigenvalue weighted by Gasteiger charge is -2.22. The summed E-state index contributed by atoms with van der Waals surface area (Å²) in [6.07, 6.45) is 0.605. The first-order chi connectivity index (χ1) is 7.99. The van der Waals surface area contributed by atoms with Crippen LogP contribution in [0, 0.1) is 0 Å². The highest BCUT2D eigenvalue weighted by Gasteiger charge is 2.23. The summed E-state index contributed by atoms with van der Waals surface area (Å²) in [7, 11) is 1.47. The monoisotopic (exact) mass is 253 g/mol. The lowest BCUT2D eigenvalue weighted by molar-refractivity contribution is -0.115. The van der Waals surface area contributed by atoms with Crippen molar-refractivity contribution in [3.8, 4) is 0 Å². The minimum absolute atomic E-state index is 0.259. The Hall–Kier alpha value is -1.68. The van der Waals surface area contributed by atoms with E-state index in [0.29, 0.717) is 11.8 Å². The normalized spacial score (nSPS) is 11.7. The Morgan fingerprint density at radius 1 is 1.35 bits per heavy atom. The Bertz CT molecular complexity index is 459. The van der Waals surface area contributed by atoms with Gasteiger partial charge in [-0.2, -0.15) is 0 Å². The highest BCUT2D eigenvalue weighted by atomic mass is 35.5. The summed E-state index contributed by atoms with van der Waals surface area (Å²) in [5, 5.41) is -0.621. The number of hydrogen-bond acceptors (Lipinski definition) is 3. The first kappa shape index (κ1) is 13.4. The molecule has 0 aromatic heterocycles. The summed E-state index contributed by atoms with van der Waals surface area (Å²) in [6, 6.07) is 5.66. The minimum atomic E-state index is -0.733. The summed E-state index contributed by atoms with van der Waals surface area (Å²) in [5.41, 5.74) is 0.549. The van der Waals surface area contributed by atoms with Crippen LogP contribution in [0.15, 0.2) is 24.3 Å². The zero-order valence-corrected chi connectivity index (χ0v) is 10.3. The molecule has 1 aromatic rings. The summed E-state index contributed by atoms with van der Waals surface area (Å²) in [4.78, 5) is 35.0. The Morgan fingerprint density at radius 3 is 2.47 bits per heavy atom. The molecule has 0 N–H and O–H groups in total. The van der Waals surface area contributed by atoms with Gasteiger partial charge in [0.25, 0.3) is 5.91 Å². The lowest BCUT2D eigenvalue weighted by Crippen LogP contribution is -2.39. The molecule has 0 radical (unpaired) electrons. The topological polar surface area (TPSA) is 54.5 Å². The van der Waals surface area contributed by atoms with Crippen LogP contribution in [0.3, 0.4) is 0 Å². The highest BCUT2D eigenvalue weighted by molar-refractivity contribution is 6.64. The van der Waals surface area contributed by atoms with Crippen LogP contribution in [0.4, 0.5) is 0 Å². The zero-order valence-electron chi connectivity index (χ0n) is 9.51. The van der Waals surface area contributed by atoms with Crippen molar-refractivity contribution in [1.82, 2.24) is 4.90 Å². The van der Waals surface area contributed by atoms with Gasteiger partial charge in [-0.3, -0.25) is 14.4 Å². The first-order valence-corrected chi connectivity index (χ1v) is 5.37. The van der Waals surface area contributed by atoms with Crippen molar-refractivity contribution in [1.29, 1.82) is 0 Å². The Balaban J connectivity index is 3.04. The molecule has 90 valence electrons. The molecule has 0 spiro atoms. The average Bonchev–Trinajstić information content (AvgIpc) is 2.35. The van der Waals surface area contributed by atoms with Crippen LogP contribution >= 0.6 is 11.6 Å². The second-order valence-electron chi connectivity index (χ2n) is 3.60. The van der Waals surface area contributed by atoms with Crippen LogP contribution in [0.25, 0.3) is 0 Å². The van der Waals surface area contributed by atoms with Gasteiger partial charge in [0.05, 0.1) is 5.56 Å². The van der Waals surface area contributed by atoms with E-state index in [1.807, 2.05) is 0 Å². The summed E-state index contributed by atoms with van der Waals surface area (Å²) in [5.74, 6) is -0.408. The fraction of sp³-hybridized carbons (Fsp3) is 0.250. The molecule has 1 atom stereocenters. The van der Waals surface area contributed by atoms with E-state index in [9.17, 15) is 14.4 Å². The molecule has 1 rings (SSSR count). The second kappa shape index (κ2) is 5.59. The minimum Gasteiger partial charge on any atom is -0.331 e. The van der Waals surface area contributed by atoms with Crippen LogP contribution in [0.2, 0.25) is 0 Å². The number of hydrogen-bond donors (Lipinski definition) is 0. The van der Waals surface area contributed by atoms with Crippen LogP contribution in [-0.2, 0) is 4.79 Å². The van der Waals surface area contributed by atoms with Gasteiger partial charge < -0.3 is 4.90 Å². The molecule has 5 heteroatoms. The van der Waals surface area contributed by atoms with Gasteiger partial charge in [-0.25, -0.2) is 0 Å². The van der Waals surface area contributed by atoms with E-state index in [4.69, 9.17) is 11.6 Å². The van der Waals surface area contributed by atoms with Gasteiger partial charge in [-0.05, 0) is 24.6 Å². The van der Waals surface area contributed by atoms with E-state index in [2.05, 4.69) is 0 Å². The molecule has 1 aromatic carbocycles. The Labute approximate surface area is 104 Å². The molecule has 1 unspecified atom stereocenters. The molecule has 17 heavy (non-hydrogen) atoms. The van der Waals surface area contributed by atoms with Gasteiger partial charge in [-0.1, -0.05) is 18.2 Å². The predicted molar refractivity (Wildman–Crippen MR) is 64.2 cm³/mol. The fourth-order valence-corrected chi connectivity index (χ4v) is 1.46. The third kappa shape index (κ3) is 2.91. The number of rotatable bonds is 4. The molecular weight excluding hydrogens is 242 g/mol. The van der Waals surface area contributed by atoms with Crippen molar-refractivity contribution < 1.29 is 14.4 Å². The first-order valence-electron chi connectivity index (χ1n) is 4.99. The number of halogens is 1. The number of nitrogens with zero attached hydrogens (tertiary/aromatic N) is 1. The number of benzene rings is 1. The molecule has 1 amide bonds. The SMILES string of the molecule is CC(C(=O)Cl)N(C)C(=O)c1ccccc1C=O. The molecule has 0 aliphatic rings. The number of carbonyl (C=O) groups is 3. The molecule has 0 saturated carbocycles. The lowest BCUT2D eigenvalue weighted by atomic mass is 10.1. The van der Waals surface area contributed by atoms with Crippen LogP contribution in [-0.4, -0.2) is 35.4 Å². The van der Waals surface area contributed by atoms with E-state index in [1.54, 1.807) is 18.2 Å². The van der Waals surface area contributed by atoms with Crippen LogP contribution in [0.1, 0.15) is 27.6 Å². The number of likely N-dealkylation sites (N-methyl/N-ethyl adjacent to an activating group) is 1. The standard InChI is InChI=1S/C12H12ClNO3/c1-8(11(13)16)14(2)12(17)10-6-4-3-5-9(10)7-15/h3-8H,1-2H3. The summed E-state index contributed by atoms with van der Waals surface area (Å²) >= 11 is 5.33. The zero-order chi connectivity index (χ0) is 13.0. The average molecular weight is 254 g/mol. The number of carbonyl (C=O) groups excluding carboxylic acids is 3. The van der Waals surface area contributed by atoms with Crippen LogP contribution < -0.4 is 0 Å². The third-order valence-electron chi connectivity index (χ3n) is 2.55. The van der Waals surface area contributed by atoms with Gasteiger partial charge >= 0.3 is 0 Å². The molecule has 0 aliphatic carbocycles. The summed E-state index contributed by atoms with van der Waals surface area (Å²) in [6.45, 7) is 1.52. The smallest absolute Gasteiger partial charge is 0.254 e. The molecule has 0 saturated heterocycles. The predicted octanol–water partition coefficient (Wildman–Crippen LogP) is 1.72. The number of aldehydes is 1. The van der Waals surface area contributed by atoms with Crippen molar-refractivity contribution in [2.45, 2.75) is 13.0 Å². The second-order valence-corrected chi connectivity index (χ2v) is 3.97. The molecule has 0 fully saturated rings. The van der Waals surface area contributed by atoms with Crippen molar-refractivity contribution >= 4 is 29.0 Å². The number of amides is 1. The van der Waals surface area contributed by atoms with Gasteiger partial charge in [0.1, 0.15) is 6.04 Å². The van der Waals surface area contributed by atoms with E-state index >= 15 is 0 Å². The van der Waals surface area contributed by atoms with E-state index in [1.165, 1.54) is 24.9 Å². The van der Waals surface area contributed by atoms with Gasteiger partial charge in [0.2, 0.25) is 5.24 Å². The van der Waals surface area contributed by atoms with Crippen molar-refractivity contribution in [2.75, 3.05) is 7.05 Å². The quantitative estimate of drug-likeness (QED) is 0.607. The van der Waals surface area contributed by atoms with E-state index in [0.717, 1.165) is 0 Å². The molecular formula is C12H12ClNO3. The maximum absolute atomic E-state index is 12.0. The maximum atomic E-state index is 12.0. The summed E-state index contributed by atoms with van der Waals surface area (Å²) < 4.78 is 0. The molecule has 0 heterocycles. The highest BCUT2D eigenvalue weighted by Crippen LogP contribution is 2.12. The largest absolute Gasteiger partial charge is 0.331 e. The van der Waals surface area contributed by atoms with E-state index in [-0.39, 0.29) is 5.56 Å². The molecule has 0 bridgehead atoms. The van der Waals surface area contributed by atoms with Crippen molar-refractivity contribution in [3.05, 3.63) is 35.4 Å². The van der Waals surface area contributed by atoms with Gasteiger partial charge in [0.15, 0.2) is 6.29 Å². The van der Waals surface area contributed by atoms with E-state index < -0.39 is 17.2 Å². The Morgan fingerprint density at radius 2 is 1.94 bits per heavy atom. The van der Waals surface area contributed by atoms with Crippen molar-refractivity contribution in [3.63, 3.8) is 0 Å². The molecule has 0 aliphatic heterocycles. The third-order valence-corrected chi connectivity index (χ3v) is 2.86. The fourth-order valence-electron chi connectivity index (χ4n) is 1.31. The maximum Gasteiger partial charge on any atom is 0.254 e. The van der Waals surface area contributed by atoms with Gasteiger partial charge in [-0.15, -0.1) is 0 Å². The van der Waals surface area contributed by atoms with Gasteiger partial charge in [0, 0.05) is 12.6 Å². The molecule has 4 nitrogen and oxygen atoms in total. The Kier molecular flexibility index (Phi) is 4.40. The van der Waals surface area contributed by atoms with Crippen LogP contribution in [0.5, 0.6) is 0 Å².